The van der Waals surface area contributed by atoms with Crippen molar-refractivity contribution in [3.05, 3.63) is 64.7 Å². The van der Waals surface area contributed by atoms with Crippen molar-refractivity contribution < 1.29 is 18.4 Å². The van der Waals surface area contributed by atoms with Gasteiger partial charge in [0.25, 0.3) is 5.91 Å². The summed E-state index contributed by atoms with van der Waals surface area (Å²) in [5, 5.41) is 19.7. The van der Waals surface area contributed by atoms with E-state index >= 15 is 0 Å². The maximum absolute atomic E-state index is 14.3. The number of fused-ring (bicyclic) bond motifs is 1. The molecular formula is C25H25F2N5O2. The first-order valence-corrected chi connectivity index (χ1v) is 10.7. The van der Waals surface area contributed by atoms with Crippen molar-refractivity contribution in [1.82, 2.24) is 4.90 Å². The predicted molar refractivity (Wildman–Crippen MR) is 125 cm³/mol. The van der Waals surface area contributed by atoms with Crippen LogP contribution >= 0.6 is 0 Å². The molecule has 0 saturated carbocycles. The molecule has 1 aliphatic rings. The van der Waals surface area contributed by atoms with Crippen molar-refractivity contribution in [2.24, 2.45) is 16.8 Å². The number of carbonyl (C=O) groups excluding carboxylic acids is 2. The first kappa shape index (κ1) is 24.7. The van der Waals surface area contributed by atoms with Crippen LogP contribution in [0.2, 0.25) is 0 Å². The molecular weight excluding hydrogens is 440 g/mol. The van der Waals surface area contributed by atoms with Gasteiger partial charge in [0.1, 0.15) is 11.6 Å². The van der Waals surface area contributed by atoms with Crippen molar-refractivity contribution in [3.63, 3.8) is 0 Å². The van der Waals surface area contributed by atoms with Gasteiger partial charge in [0, 0.05) is 37.3 Å². The smallest absolute Gasteiger partial charge is 0.254 e. The number of nitriles is 1. The number of nitrogens with zero attached hydrogens (tertiary/aromatic N) is 3. The number of anilines is 1. The summed E-state index contributed by atoms with van der Waals surface area (Å²) in [6.07, 6.45) is 2.57. The van der Waals surface area contributed by atoms with Crippen LogP contribution in [-0.2, 0) is 4.79 Å². The molecule has 0 radical (unpaired) electrons. The van der Waals surface area contributed by atoms with E-state index in [0.717, 1.165) is 30.5 Å². The summed E-state index contributed by atoms with van der Waals surface area (Å²) in [6, 6.07) is 8.05. The Hall–Kier alpha value is -3.93. The second-order valence-electron chi connectivity index (χ2n) is 8.53. The number of hydrogen-bond donors (Lipinski definition) is 2. The number of aliphatic imine (C=N–C) groups is 1. The van der Waals surface area contributed by atoms with Crippen LogP contribution in [0.1, 0.15) is 41.3 Å². The highest BCUT2D eigenvalue weighted by Gasteiger charge is 2.46. The third-order valence-electron chi connectivity index (χ3n) is 5.59. The Bertz CT molecular complexity index is 1190. The molecule has 0 saturated heterocycles. The molecule has 0 fully saturated rings. The Morgan fingerprint density at radius 2 is 2.00 bits per heavy atom. The lowest BCUT2D eigenvalue weighted by atomic mass is 9.76. The summed E-state index contributed by atoms with van der Waals surface area (Å²) in [5.41, 5.74) is 0.448. The van der Waals surface area contributed by atoms with Gasteiger partial charge in [-0.05, 0) is 47.9 Å². The molecule has 2 amide bonds. The number of hydrogen-bond acceptors (Lipinski definition) is 5. The second-order valence-corrected chi connectivity index (χ2v) is 8.53. The third kappa shape index (κ3) is 5.01. The monoisotopic (exact) mass is 465 g/mol. The van der Waals surface area contributed by atoms with E-state index in [9.17, 15) is 18.4 Å². The molecule has 0 bridgehead atoms. The Kier molecular flexibility index (Phi) is 7.51. The topological polar surface area (TPSA) is 109 Å². The molecule has 0 spiro atoms. The zero-order valence-corrected chi connectivity index (χ0v) is 19.0. The molecule has 3 unspecified atom stereocenters. The summed E-state index contributed by atoms with van der Waals surface area (Å²) in [6.45, 7) is 4.14. The predicted octanol–water partition coefficient (Wildman–Crippen LogP) is 4.01. The molecule has 2 aromatic rings. The van der Waals surface area contributed by atoms with Crippen molar-refractivity contribution in [2.75, 3.05) is 18.9 Å². The SMILES string of the molecule is CN=CC(C=N)C1C(C(=O)Nc2cc(F)cc(C#N)c2)c2cc(F)ccc2C(=O)N1CC(C)C. The van der Waals surface area contributed by atoms with E-state index in [4.69, 9.17) is 10.7 Å². The normalized spacial score (nSPS) is 18.5. The van der Waals surface area contributed by atoms with Gasteiger partial charge in [-0.2, -0.15) is 5.26 Å². The Morgan fingerprint density at radius 3 is 2.62 bits per heavy atom. The molecule has 2 N–H and O–H groups in total. The molecule has 0 aliphatic carbocycles. The van der Waals surface area contributed by atoms with E-state index in [1.165, 1.54) is 30.3 Å². The summed E-state index contributed by atoms with van der Waals surface area (Å²) in [4.78, 5) is 32.6. The Morgan fingerprint density at radius 1 is 1.26 bits per heavy atom. The average Bonchev–Trinajstić information content (AvgIpc) is 2.78. The van der Waals surface area contributed by atoms with Crippen LogP contribution in [0.25, 0.3) is 0 Å². The van der Waals surface area contributed by atoms with E-state index in [-0.39, 0.29) is 34.2 Å². The van der Waals surface area contributed by atoms with Crippen LogP contribution in [0.3, 0.4) is 0 Å². The van der Waals surface area contributed by atoms with E-state index in [2.05, 4.69) is 10.3 Å². The van der Waals surface area contributed by atoms with Crippen LogP contribution in [0, 0.1) is 40.2 Å². The Labute approximate surface area is 196 Å². The standard InChI is InChI=1S/C25H25F2N5O2/c1-14(2)13-32-23(16(11-29)12-30-3)22(21-9-17(26)4-5-20(21)25(32)34)24(33)31-19-7-15(10-28)6-18(27)8-19/h4-9,11-12,14,16,22-23,29H,13H2,1-3H3,(H,31,33). The number of benzene rings is 2. The molecule has 7 nitrogen and oxygen atoms in total. The van der Waals surface area contributed by atoms with Gasteiger partial charge in [0.2, 0.25) is 5.91 Å². The first-order chi connectivity index (χ1) is 16.2. The molecule has 1 heterocycles. The zero-order valence-electron chi connectivity index (χ0n) is 19.0. The summed E-state index contributed by atoms with van der Waals surface area (Å²) in [7, 11) is 1.52. The highest BCUT2D eigenvalue weighted by Crippen LogP contribution is 2.38. The fourth-order valence-corrected chi connectivity index (χ4v) is 4.31. The van der Waals surface area contributed by atoms with Gasteiger partial charge >= 0.3 is 0 Å². The van der Waals surface area contributed by atoms with Crippen LogP contribution in [-0.4, -0.2) is 48.8 Å². The van der Waals surface area contributed by atoms with E-state index < -0.39 is 35.4 Å². The van der Waals surface area contributed by atoms with Gasteiger partial charge in [-0.15, -0.1) is 0 Å². The van der Waals surface area contributed by atoms with Crippen LogP contribution in [0.4, 0.5) is 14.5 Å². The quantitative estimate of drug-likeness (QED) is 0.603. The van der Waals surface area contributed by atoms with E-state index in [0.29, 0.717) is 6.54 Å². The zero-order chi connectivity index (χ0) is 25.0. The largest absolute Gasteiger partial charge is 0.333 e. The van der Waals surface area contributed by atoms with Gasteiger partial charge in [-0.1, -0.05) is 13.8 Å². The van der Waals surface area contributed by atoms with Gasteiger partial charge < -0.3 is 20.6 Å². The van der Waals surface area contributed by atoms with Crippen LogP contribution < -0.4 is 5.32 Å². The van der Waals surface area contributed by atoms with Crippen molar-refractivity contribution in [1.29, 1.82) is 10.7 Å². The van der Waals surface area contributed by atoms with E-state index in [1.54, 1.807) is 0 Å². The molecule has 176 valence electrons. The van der Waals surface area contributed by atoms with Crippen molar-refractivity contribution in [2.45, 2.75) is 25.8 Å². The third-order valence-corrected chi connectivity index (χ3v) is 5.59. The van der Waals surface area contributed by atoms with E-state index in [1.807, 2.05) is 19.9 Å². The van der Waals surface area contributed by atoms with Crippen LogP contribution in [0.5, 0.6) is 0 Å². The maximum atomic E-state index is 14.3. The first-order valence-electron chi connectivity index (χ1n) is 10.7. The highest BCUT2D eigenvalue weighted by molar-refractivity contribution is 6.05. The number of carbonyl (C=O) groups is 2. The molecule has 9 heteroatoms. The molecule has 34 heavy (non-hydrogen) atoms. The van der Waals surface area contributed by atoms with Gasteiger partial charge in [0.15, 0.2) is 0 Å². The summed E-state index contributed by atoms with van der Waals surface area (Å²) < 4.78 is 28.3. The summed E-state index contributed by atoms with van der Waals surface area (Å²) >= 11 is 0. The lowest BCUT2D eigenvalue weighted by Gasteiger charge is -2.44. The summed E-state index contributed by atoms with van der Waals surface area (Å²) in [5.74, 6) is -4.08. The maximum Gasteiger partial charge on any atom is 0.254 e. The fraction of sp³-hybridized carbons (Fsp3) is 0.320. The number of halogens is 2. The number of amides is 2. The van der Waals surface area contributed by atoms with Gasteiger partial charge in [-0.3, -0.25) is 9.59 Å². The highest BCUT2D eigenvalue weighted by atomic mass is 19.1. The fourth-order valence-electron chi connectivity index (χ4n) is 4.31. The van der Waals surface area contributed by atoms with Gasteiger partial charge in [0.05, 0.1) is 29.5 Å². The van der Waals surface area contributed by atoms with Crippen molar-refractivity contribution >= 4 is 29.9 Å². The van der Waals surface area contributed by atoms with Crippen LogP contribution in [0.15, 0.2) is 41.4 Å². The van der Waals surface area contributed by atoms with Gasteiger partial charge in [-0.25, -0.2) is 8.78 Å². The number of rotatable bonds is 7. The molecule has 2 aromatic carbocycles. The molecule has 0 aromatic heterocycles. The minimum atomic E-state index is -1.08. The molecule has 3 atom stereocenters. The molecule has 3 rings (SSSR count). The minimum absolute atomic E-state index is 0.0223. The lowest BCUT2D eigenvalue weighted by Crippen LogP contribution is -2.56. The minimum Gasteiger partial charge on any atom is -0.333 e. The second kappa shape index (κ2) is 10.3. The lowest BCUT2D eigenvalue weighted by molar-refractivity contribution is -0.119. The average molecular weight is 466 g/mol. The molecule has 1 aliphatic heterocycles. The van der Waals surface area contributed by atoms with Crippen molar-refractivity contribution in [3.8, 4) is 6.07 Å². The number of nitrogens with one attached hydrogen (secondary N) is 2. The Balaban J connectivity index is 2.18.